The maximum Gasteiger partial charge on any atom is 0.488 e. The molecule has 0 heterocycles. The third kappa shape index (κ3) is 8.03. The first-order chi connectivity index (χ1) is 16.0. The molecule has 0 atom stereocenters. The molecule has 0 amide bonds. The number of carbonyl (C=O) groups excluding carboxylic acids is 1. The number of unbranched alkanes of at least 4 members (excludes halogenated alkanes) is 1. The molecule has 170 valence electrons. The van der Waals surface area contributed by atoms with Crippen molar-refractivity contribution in [3.05, 3.63) is 85.5 Å². The van der Waals surface area contributed by atoms with Crippen LogP contribution in [0.4, 0.5) is 0 Å². The van der Waals surface area contributed by atoms with Gasteiger partial charge in [-0.1, -0.05) is 18.7 Å². The van der Waals surface area contributed by atoms with Crippen molar-refractivity contribution in [2.45, 2.75) is 12.8 Å². The van der Waals surface area contributed by atoms with Crippen molar-refractivity contribution in [2.75, 3.05) is 13.2 Å². The quantitative estimate of drug-likeness (QED) is 0.188. The van der Waals surface area contributed by atoms with E-state index < -0.39 is 13.1 Å². The van der Waals surface area contributed by atoms with Crippen LogP contribution in [0.15, 0.2) is 85.5 Å². The number of esters is 1. The van der Waals surface area contributed by atoms with E-state index in [9.17, 15) is 4.79 Å². The summed E-state index contributed by atoms with van der Waals surface area (Å²) in [7, 11) is -1.50. The Bertz CT molecular complexity index is 1020. The molecule has 0 bridgehead atoms. The third-order valence-corrected chi connectivity index (χ3v) is 4.52. The van der Waals surface area contributed by atoms with Gasteiger partial charge in [-0.25, -0.2) is 4.79 Å². The average molecular weight is 448 g/mol. The van der Waals surface area contributed by atoms with E-state index in [1.54, 1.807) is 48.5 Å². The van der Waals surface area contributed by atoms with Crippen molar-refractivity contribution in [1.29, 1.82) is 0 Å². The van der Waals surface area contributed by atoms with Crippen LogP contribution >= 0.6 is 0 Å². The number of carbonyl (C=O) groups is 1. The van der Waals surface area contributed by atoms with Crippen molar-refractivity contribution in [3.8, 4) is 28.7 Å². The standard InChI is InChI=1S/C25H25BO7/c1-2-25(27)31-18-4-3-17-30-20-9-11-22(12-10-20)33-24-15-13-23(14-16-24)32-21-7-5-19(6-8-21)26(28)29/h2,5-16,28-29H,1,3-4,17-18H2. The lowest BCUT2D eigenvalue weighted by atomic mass is 9.80. The lowest BCUT2D eigenvalue weighted by Crippen LogP contribution is -2.29. The van der Waals surface area contributed by atoms with Crippen molar-refractivity contribution < 1.29 is 33.8 Å². The first kappa shape index (κ1) is 23.9. The van der Waals surface area contributed by atoms with Gasteiger partial charge in [-0.15, -0.1) is 0 Å². The van der Waals surface area contributed by atoms with Gasteiger partial charge < -0.3 is 29.0 Å². The predicted molar refractivity (Wildman–Crippen MR) is 125 cm³/mol. The van der Waals surface area contributed by atoms with Crippen LogP contribution in [0.5, 0.6) is 28.7 Å². The lowest BCUT2D eigenvalue weighted by Gasteiger charge is -2.10. The Labute approximate surface area is 193 Å². The molecule has 2 N–H and O–H groups in total. The van der Waals surface area contributed by atoms with Gasteiger partial charge in [-0.05, 0) is 79.0 Å². The predicted octanol–water partition coefficient (Wildman–Crippen LogP) is 3.84. The van der Waals surface area contributed by atoms with E-state index in [0.29, 0.717) is 41.7 Å². The summed E-state index contributed by atoms with van der Waals surface area (Å²) in [6.07, 6.45) is 2.64. The SMILES string of the molecule is C=CC(=O)OCCCCOc1ccc(Oc2ccc(Oc3ccc(B(O)O)cc3)cc2)cc1. The van der Waals surface area contributed by atoms with E-state index in [-0.39, 0.29) is 0 Å². The summed E-state index contributed by atoms with van der Waals surface area (Å²) in [6, 6.07) is 21.0. The van der Waals surface area contributed by atoms with Crippen LogP contribution < -0.4 is 19.7 Å². The number of ether oxygens (including phenoxy) is 4. The highest BCUT2D eigenvalue weighted by Gasteiger charge is 2.10. The van der Waals surface area contributed by atoms with E-state index >= 15 is 0 Å². The Morgan fingerprint density at radius 2 is 1.15 bits per heavy atom. The van der Waals surface area contributed by atoms with Crippen LogP contribution in [0, 0.1) is 0 Å². The minimum Gasteiger partial charge on any atom is -0.494 e. The molecule has 0 fully saturated rings. The van der Waals surface area contributed by atoms with Gasteiger partial charge in [-0.2, -0.15) is 0 Å². The van der Waals surface area contributed by atoms with Crippen LogP contribution in [-0.2, 0) is 9.53 Å². The topological polar surface area (TPSA) is 94.5 Å². The van der Waals surface area contributed by atoms with Crippen LogP contribution in [0.2, 0.25) is 0 Å². The molecule has 8 heteroatoms. The summed E-state index contributed by atoms with van der Waals surface area (Å²) < 4.78 is 22.2. The second-order valence-electron chi connectivity index (χ2n) is 7.02. The number of benzene rings is 3. The van der Waals surface area contributed by atoms with E-state index in [0.717, 1.165) is 24.7 Å². The summed E-state index contributed by atoms with van der Waals surface area (Å²) >= 11 is 0. The van der Waals surface area contributed by atoms with Gasteiger partial charge in [0.1, 0.15) is 28.7 Å². The molecule has 0 radical (unpaired) electrons. The van der Waals surface area contributed by atoms with Crippen LogP contribution in [0.1, 0.15) is 12.8 Å². The van der Waals surface area contributed by atoms with Crippen molar-refractivity contribution in [1.82, 2.24) is 0 Å². The molecule has 0 aliphatic carbocycles. The summed E-state index contributed by atoms with van der Waals surface area (Å²) in [5.41, 5.74) is 0.397. The first-order valence-corrected chi connectivity index (χ1v) is 10.5. The summed E-state index contributed by atoms with van der Waals surface area (Å²) in [6.45, 7) is 4.22. The van der Waals surface area contributed by atoms with Gasteiger partial charge in [0.25, 0.3) is 0 Å². The zero-order chi connectivity index (χ0) is 23.5. The van der Waals surface area contributed by atoms with E-state index in [2.05, 4.69) is 6.58 Å². The zero-order valence-electron chi connectivity index (χ0n) is 18.1. The highest BCUT2D eigenvalue weighted by molar-refractivity contribution is 6.58. The second kappa shape index (κ2) is 12.3. The largest absolute Gasteiger partial charge is 0.494 e. The molecule has 0 saturated heterocycles. The van der Waals surface area contributed by atoms with E-state index in [1.165, 1.54) is 0 Å². The van der Waals surface area contributed by atoms with E-state index in [4.69, 9.17) is 29.0 Å². The fraction of sp³-hybridized carbons (Fsp3) is 0.160. The Kier molecular flexibility index (Phi) is 8.93. The Morgan fingerprint density at radius 3 is 1.61 bits per heavy atom. The highest BCUT2D eigenvalue weighted by Crippen LogP contribution is 2.27. The molecule has 0 spiro atoms. The van der Waals surface area contributed by atoms with Crippen LogP contribution in [-0.4, -0.2) is 36.3 Å². The van der Waals surface area contributed by atoms with Crippen molar-refractivity contribution in [3.63, 3.8) is 0 Å². The summed E-state index contributed by atoms with van der Waals surface area (Å²) in [5.74, 6) is 2.86. The molecule has 3 aromatic carbocycles. The number of hydrogen-bond donors (Lipinski definition) is 2. The molecule has 0 aliphatic heterocycles. The van der Waals surface area contributed by atoms with Gasteiger partial charge in [-0.3, -0.25) is 0 Å². The fourth-order valence-electron chi connectivity index (χ4n) is 2.79. The molecule has 3 aromatic rings. The lowest BCUT2D eigenvalue weighted by molar-refractivity contribution is -0.137. The molecule has 0 saturated carbocycles. The minimum atomic E-state index is -1.50. The summed E-state index contributed by atoms with van der Waals surface area (Å²) in [5, 5.41) is 18.3. The molecule has 7 nitrogen and oxygen atoms in total. The molecule has 0 unspecified atom stereocenters. The van der Waals surface area contributed by atoms with Crippen LogP contribution in [0.3, 0.4) is 0 Å². The van der Waals surface area contributed by atoms with Crippen LogP contribution in [0.25, 0.3) is 0 Å². The van der Waals surface area contributed by atoms with Gasteiger partial charge in [0.15, 0.2) is 0 Å². The second-order valence-corrected chi connectivity index (χ2v) is 7.02. The van der Waals surface area contributed by atoms with Crippen molar-refractivity contribution in [2.24, 2.45) is 0 Å². The number of rotatable bonds is 12. The minimum absolute atomic E-state index is 0.352. The zero-order valence-corrected chi connectivity index (χ0v) is 18.1. The molecule has 0 aliphatic rings. The average Bonchev–Trinajstić information content (AvgIpc) is 2.83. The molecule has 33 heavy (non-hydrogen) atoms. The summed E-state index contributed by atoms with van der Waals surface area (Å²) in [4.78, 5) is 10.9. The van der Waals surface area contributed by atoms with Gasteiger partial charge >= 0.3 is 13.1 Å². The molecule has 0 aromatic heterocycles. The molecular weight excluding hydrogens is 423 g/mol. The van der Waals surface area contributed by atoms with Gasteiger partial charge in [0, 0.05) is 6.08 Å². The molecule has 3 rings (SSSR count). The normalized spacial score (nSPS) is 10.2. The highest BCUT2D eigenvalue weighted by atomic mass is 16.5. The monoisotopic (exact) mass is 448 g/mol. The first-order valence-electron chi connectivity index (χ1n) is 10.5. The smallest absolute Gasteiger partial charge is 0.488 e. The van der Waals surface area contributed by atoms with Gasteiger partial charge in [0.2, 0.25) is 0 Å². The maximum absolute atomic E-state index is 10.9. The molecular formula is C25H25BO7. The van der Waals surface area contributed by atoms with Crippen molar-refractivity contribution >= 4 is 18.6 Å². The fourth-order valence-corrected chi connectivity index (χ4v) is 2.79. The Balaban J connectivity index is 1.42. The van der Waals surface area contributed by atoms with Gasteiger partial charge in [0.05, 0.1) is 13.2 Å². The van der Waals surface area contributed by atoms with E-state index in [1.807, 2.05) is 24.3 Å². The Morgan fingerprint density at radius 1 is 0.727 bits per heavy atom. The Hall–Kier alpha value is -3.75. The number of hydrogen-bond acceptors (Lipinski definition) is 7. The maximum atomic E-state index is 10.9. The third-order valence-electron chi connectivity index (χ3n) is 4.52.